The standard InChI is InChI=1S/C15H22N2O4S/c1-15(2)20-10-11(21-15)8-17(9-13-16-5-7-22-13)14(18)12-4-3-6-19-12/h5,7,11-12H,3-4,6,8-10H2,1-2H3/t11-,12-/m1/s1. The summed E-state index contributed by atoms with van der Waals surface area (Å²) in [6, 6.07) is 0. The number of rotatable bonds is 5. The van der Waals surface area contributed by atoms with Gasteiger partial charge in [-0.25, -0.2) is 4.98 Å². The molecule has 3 heterocycles. The Labute approximate surface area is 134 Å². The Morgan fingerprint density at radius 1 is 1.55 bits per heavy atom. The topological polar surface area (TPSA) is 60.9 Å². The van der Waals surface area contributed by atoms with Crippen LogP contribution in [-0.4, -0.2) is 53.5 Å². The van der Waals surface area contributed by atoms with Crippen LogP contribution in [0.1, 0.15) is 31.7 Å². The number of hydrogen-bond acceptors (Lipinski definition) is 6. The summed E-state index contributed by atoms with van der Waals surface area (Å²) in [6.45, 7) is 5.94. The summed E-state index contributed by atoms with van der Waals surface area (Å²) in [4.78, 5) is 18.8. The third kappa shape index (κ3) is 3.84. The van der Waals surface area contributed by atoms with E-state index in [0.717, 1.165) is 17.8 Å². The Bertz CT molecular complexity index is 500. The van der Waals surface area contributed by atoms with E-state index < -0.39 is 5.79 Å². The van der Waals surface area contributed by atoms with Crippen LogP contribution in [0.3, 0.4) is 0 Å². The highest BCUT2D eigenvalue weighted by atomic mass is 32.1. The average Bonchev–Trinajstić information content (AvgIpc) is 3.19. The van der Waals surface area contributed by atoms with Crippen molar-refractivity contribution in [2.24, 2.45) is 0 Å². The van der Waals surface area contributed by atoms with Gasteiger partial charge in [0.25, 0.3) is 5.91 Å². The molecular weight excluding hydrogens is 304 g/mol. The summed E-state index contributed by atoms with van der Waals surface area (Å²) in [5, 5.41) is 2.84. The van der Waals surface area contributed by atoms with Gasteiger partial charge < -0.3 is 19.1 Å². The van der Waals surface area contributed by atoms with Crippen molar-refractivity contribution in [2.75, 3.05) is 19.8 Å². The molecular formula is C15H22N2O4S. The van der Waals surface area contributed by atoms with Gasteiger partial charge in [-0.3, -0.25) is 4.79 Å². The van der Waals surface area contributed by atoms with Gasteiger partial charge in [0.1, 0.15) is 17.2 Å². The number of aromatic nitrogens is 1. The highest BCUT2D eigenvalue weighted by Gasteiger charge is 2.36. The molecule has 0 unspecified atom stereocenters. The minimum Gasteiger partial charge on any atom is -0.368 e. The first kappa shape index (κ1) is 15.9. The second kappa shape index (κ2) is 6.62. The third-order valence-corrected chi connectivity index (χ3v) is 4.58. The van der Waals surface area contributed by atoms with Crippen molar-refractivity contribution < 1.29 is 19.0 Å². The van der Waals surface area contributed by atoms with E-state index in [1.807, 2.05) is 19.2 Å². The first-order valence-corrected chi connectivity index (χ1v) is 8.52. The molecule has 2 aliphatic heterocycles. The maximum absolute atomic E-state index is 12.7. The Kier molecular flexibility index (Phi) is 4.77. The van der Waals surface area contributed by atoms with Crippen molar-refractivity contribution >= 4 is 17.2 Å². The number of nitrogens with zero attached hydrogens (tertiary/aromatic N) is 2. The zero-order valence-corrected chi connectivity index (χ0v) is 13.8. The van der Waals surface area contributed by atoms with E-state index in [9.17, 15) is 4.79 Å². The van der Waals surface area contributed by atoms with Gasteiger partial charge in [0.05, 0.1) is 13.2 Å². The van der Waals surface area contributed by atoms with E-state index in [1.165, 1.54) is 0 Å². The number of ether oxygens (including phenoxy) is 3. The van der Waals surface area contributed by atoms with Gasteiger partial charge in [0.15, 0.2) is 5.79 Å². The first-order valence-electron chi connectivity index (χ1n) is 7.64. The van der Waals surface area contributed by atoms with Crippen molar-refractivity contribution in [2.45, 2.75) is 51.2 Å². The zero-order chi connectivity index (χ0) is 15.6. The molecule has 22 heavy (non-hydrogen) atoms. The molecule has 0 radical (unpaired) electrons. The monoisotopic (exact) mass is 326 g/mol. The minimum absolute atomic E-state index is 0.0287. The van der Waals surface area contributed by atoms with Crippen LogP contribution in [0, 0.1) is 0 Å². The fourth-order valence-corrected chi connectivity index (χ4v) is 3.43. The van der Waals surface area contributed by atoms with Crippen LogP contribution in [0.4, 0.5) is 0 Å². The molecule has 6 nitrogen and oxygen atoms in total. The van der Waals surface area contributed by atoms with E-state index in [4.69, 9.17) is 14.2 Å². The van der Waals surface area contributed by atoms with Crippen molar-refractivity contribution in [3.63, 3.8) is 0 Å². The van der Waals surface area contributed by atoms with E-state index in [0.29, 0.717) is 26.3 Å². The van der Waals surface area contributed by atoms with E-state index in [2.05, 4.69) is 4.98 Å². The van der Waals surface area contributed by atoms with Crippen LogP contribution in [-0.2, 0) is 25.5 Å². The summed E-state index contributed by atoms with van der Waals surface area (Å²) >= 11 is 1.55. The van der Waals surface area contributed by atoms with Gasteiger partial charge in [0.2, 0.25) is 0 Å². The second-order valence-electron chi connectivity index (χ2n) is 6.10. The summed E-state index contributed by atoms with van der Waals surface area (Å²) in [5.74, 6) is -0.550. The van der Waals surface area contributed by atoms with Gasteiger partial charge in [-0.2, -0.15) is 0 Å². The minimum atomic E-state index is -0.579. The van der Waals surface area contributed by atoms with Crippen LogP contribution in [0.2, 0.25) is 0 Å². The molecule has 0 bridgehead atoms. The first-order chi connectivity index (χ1) is 10.5. The number of carbonyl (C=O) groups excluding carboxylic acids is 1. The molecule has 0 aliphatic carbocycles. The molecule has 2 atom stereocenters. The Morgan fingerprint density at radius 3 is 3.00 bits per heavy atom. The molecule has 0 saturated carbocycles. The maximum Gasteiger partial charge on any atom is 0.252 e. The van der Waals surface area contributed by atoms with Crippen LogP contribution in [0.15, 0.2) is 11.6 Å². The van der Waals surface area contributed by atoms with E-state index in [-0.39, 0.29) is 18.1 Å². The van der Waals surface area contributed by atoms with Crippen molar-refractivity contribution in [3.8, 4) is 0 Å². The van der Waals surface area contributed by atoms with Crippen LogP contribution in [0.25, 0.3) is 0 Å². The van der Waals surface area contributed by atoms with Crippen molar-refractivity contribution in [1.82, 2.24) is 9.88 Å². The van der Waals surface area contributed by atoms with Gasteiger partial charge in [-0.15, -0.1) is 11.3 Å². The largest absolute Gasteiger partial charge is 0.368 e. The third-order valence-electron chi connectivity index (χ3n) is 3.82. The number of amides is 1. The fourth-order valence-electron chi connectivity index (χ4n) is 2.80. The van der Waals surface area contributed by atoms with Crippen molar-refractivity contribution in [3.05, 3.63) is 16.6 Å². The summed E-state index contributed by atoms with van der Waals surface area (Å²) in [6.07, 6.45) is 3.06. The second-order valence-corrected chi connectivity index (χ2v) is 7.08. The van der Waals surface area contributed by atoms with Gasteiger partial charge >= 0.3 is 0 Å². The van der Waals surface area contributed by atoms with Gasteiger partial charge in [-0.1, -0.05) is 0 Å². The summed E-state index contributed by atoms with van der Waals surface area (Å²) < 4.78 is 17.0. The quantitative estimate of drug-likeness (QED) is 0.826. The maximum atomic E-state index is 12.7. The zero-order valence-electron chi connectivity index (χ0n) is 13.0. The van der Waals surface area contributed by atoms with Crippen LogP contribution >= 0.6 is 11.3 Å². The van der Waals surface area contributed by atoms with Gasteiger partial charge in [-0.05, 0) is 26.7 Å². The predicted molar refractivity (Wildman–Crippen MR) is 81.4 cm³/mol. The summed E-state index contributed by atoms with van der Waals surface area (Å²) in [5.41, 5.74) is 0. The van der Waals surface area contributed by atoms with Gasteiger partial charge in [0, 0.05) is 24.7 Å². The normalized spacial score (nSPS) is 27.2. The summed E-state index contributed by atoms with van der Waals surface area (Å²) in [7, 11) is 0. The SMILES string of the molecule is CC1(C)OC[C@@H](CN(Cc2nccs2)C(=O)[C@H]2CCCO2)O1. The van der Waals surface area contributed by atoms with Crippen LogP contribution < -0.4 is 0 Å². The Balaban J connectivity index is 1.66. The molecule has 0 N–H and O–H groups in total. The van der Waals surface area contributed by atoms with E-state index in [1.54, 1.807) is 22.4 Å². The molecule has 1 aromatic rings. The molecule has 1 aromatic heterocycles. The smallest absolute Gasteiger partial charge is 0.252 e. The lowest BCUT2D eigenvalue weighted by atomic mass is 10.2. The lowest BCUT2D eigenvalue weighted by Crippen LogP contribution is -2.43. The molecule has 7 heteroatoms. The molecule has 2 saturated heterocycles. The lowest BCUT2D eigenvalue weighted by Gasteiger charge is -2.27. The predicted octanol–water partition coefficient (Wildman–Crippen LogP) is 1.80. The highest BCUT2D eigenvalue weighted by molar-refractivity contribution is 7.09. The van der Waals surface area contributed by atoms with E-state index >= 15 is 0 Å². The lowest BCUT2D eigenvalue weighted by molar-refractivity contribution is -0.151. The number of hydrogen-bond donors (Lipinski definition) is 0. The number of carbonyl (C=O) groups is 1. The Hall–Kier alpha value is -1.02. The average molecular weight is 326 g/mol. The molecule has 2 aliphatic rings. The molecule has 0 spiro atoms. The molecule has 3 rings (SSSR count). The molecule has 1 amide bonds. The molecule has 0 aromatic carbocycles. The van der Waals surface area contributed by atoms with Crippen LogP contribution in [0.5, 0.6) is 0 Å². The number of thiazole rings is 1. The van der Waals surface area contributed by atoms with Crippen molar-refractivity contribution in [1.29, 1.82) is 0 Å². The molecule has 2 fully saturated rings. The fraction of sp³-hybridized carbons (Fsp3) is 0.733. The highest BCUT2D eigenvalue weighted by Crippen LogP contribution is 2.24. The Morgan fingerprint density at radius 2 is 2.41 bits per heavy atom. The molecule has 122 valence electrons.